The lowest BCUT2D eigenvalue weighted by molar-refractivity contribution is 0.401. The highest BCUT2D eigenvalue weighted by molar-refractivity contribution is 5.37. The van der Waals surface area contributed by atoms with E-state index in [1.165, 1.54) is 5.56 Å². The molecule has 1 atom stereocenters. The van der Waals surface area contributed by atoms with Crippen molar-refractivity contribution in [2.45, 2.75) is 26.3 Å². The molecule has 2 rings (SSSR count). The average molecular weight is 277 g/mol. The van der Waals surface area contributed by atoms with Gasteiger partial charge in [0, 0.05) is 25.9 Å². The van der Waals surface area contributed by atoms with Gasteiger partial charge in [-0.05, 0) is 13.0 Å². The van der Waals surface area contributed by atoms with Gasteiger partial charge in [-0.25, -0.2) is 0 Å². The second kappa shape index (κ2) is 6.09. The van der Waals surface area contributed by atoms with Gasteiger partial charge in [0.1, 0.15) is 5.69 Å². The van der Waals surface area contributed by atoms with Crippen molar-refractivity contribution in [3.8, 4) is 5.75 Å². The van der Waals surface area contributed by atoms with E-state index in [0.717, 1.165) is 30.1 Å². The second-order valence-electron chi connectivity index (χ2n) is 4.77. The molecule has 1 unspecified atom stereocenters. The number of hydrogen-bond donors (Lipinski definition) is 1. The Morgan fingerprint density at radius 2 is 2.10 bits per heavy atom. The zero-order valence-electron chi connectivity index (χ0n) is 12.8. The lowest BCUT2D eigenvalue weighted by Crippen LogP contribution is -2.25. The summed E-state index contributed by atoms with van der Waals surface area (Å²) in [5.41, 5.74) is 3.30. The summed E-state index contributed by atoms with van der Waals surface area (Å²) >= 11 is 0. The number of hydrogen-bond acceptors (Lipinski definition) is 4. The van der Waals surface area contributed by atoms with Crippen LogP contribution in [-0.4, -0.2) is 33.2 Å². The summed E-state index contributed by atoms with van der Waals surface area (Å²) in [5, 5.41) is 12.3. The van der Waals surface area contributed by atoms with Crippen LogP contribution in [-0.2, 0) is 20.5 Å². The van der Waals surface area contributed by atoms with Gasteiger partial charge >= 0.3 is 0 Å². The van der Waals surface area contributed by atoms with E-state index in [9.17, 15) is 0 Å². The highest BCUT2D eigenvalue weighted by Gasteiger charge is 2.25. The van der Waals surface area contributed by atoms with Crippen LogP contribution in [0.4, 0.5) is 0 Å². The molecule has 0 fully saturated rings. The quantitative estimate of drug-likeness (QED) is 0.867. The first-order valence-corrected chi connectivity index (χ1v) is 6.94. The molecule has 0 saturated heterocycles. The van der Waals surface area contributed by atoms with Crippen LogP contribution in [0.3, 0.4) is 0 Å². The largest absolute Gasteiger partial charge is 0.493 e. The molecule has 2 aromatic rings. The zero-order chi connectivity index (χ0) is 14.7. The fourth-order valence-corrected chi connectivity index (χ4v) is 2.54. The third-order valence-corrected chi connectivity index (χ3v) is 3.43. The smallest absolute Gasteiger partial charge is 0.161 e. The van der Waals surface area contributed by atoms with E-state index in [0.29, 0.717) is 0 Å². The summed E-state index contributed by atoms with van der Waals surface area (Å²) in [6.07, 6.45) is 4.72. The van der Waals surface area contributed by atoms with E-state index in [4.69, 9.17) is 4.74 Å². The van der Waals surface area contributed by atoms with Crippen molar-refractivity contribution < 1.29 is 4.74 Å². The van der Waals surface area contributed by atoms with Crippen molar-refractivity contribution in [1.82, 2.24) is 24.9 Å². The van der Waals surface area contributed by atoms with Gasteiger partial charge in [-0.1, -0.05) is 13.8 Å². The second-order valence-corrected chi connectivity index (χ2v) is 4.77. The van der Waals surface area contributed by atoms with Crippen LogP contribution in [0.5, 0.6) is 5.75 Å². The normalized spacial score (nSPS) is 12.7. The maximum absolute atomic E-state index is 5.44. The van der Waals surface area contributed by atoms with E-state index in [-0.39, 0.29) is 6.04 Å². The summed E-state index contributed by atoms with van der Waals surface area (Å²) in [6, 6.07) is 0.0334. The maximum atomic E-state index is 5.44. The molecule has 0 spiro atoms. The number of nitrogens with one attached hydrogen (secondary N) is 1. The maximum Gasteiger partial charge on any atom is 0.161 e. The van der Waals surface area contributed by atoms with Gasteiger partial charge < -0.3 is 10.1 Å². The molecule has 2 aromatic heterocycles. The highest BCUT2D eigenvalue weighted by atomic mass is 16.5. The van der Waals surface area contributed by atoms with Crippen molar-refractivity contribution in [1.29, 1.82) is 0 Å². The fraction of sp³-hybridized carbons (Fsp3) is 0.571. The van der Waals surface area contributed by atoms with E-state index in [2.05, 4.69) is 35.6 Å². The van der Waals surface area contributed by atoms with Crippen molar-refractivity contribution in [3.05, 3.63) is 29.3 Å². The molecule has 0 aliphatic carbocycles. The Hall–Kier alpha value is -1.82. The van der Waals surface area contributed by atoms with Crippen LogP contribution in [0.25, 0.3) is 0 Å². The van der Waals surface area contributed by atoms with Crippen LogP contribution in [0.2, 0.25) is 0 Å². The molecular weight excluding hydrogens is 254 g/mol. The Morgan fingerprint density at radius 3 is 2.70 bits per heavy atom. The molecule has 1 N–H and O–H groups in total. The Kier molecular flexibility index (Phi) is 4.44. The summed E-state index contributed by atoms with van der Waals surface area (Å²) in [4.78, 5) is 0. The van der Waals surface area contributed by atoms with Crippen LogP contribution in [0, 0.1) is 0 Å². The zero-order valence-corrected chi connectivity index (χ0v) is 12.8. The lowest BCUT2D eigenvalue weighted by atomic mass is 10.0. The monoisotopic (exact) mass is 277 g/mol. The van der Waals surface area contributed by atoms with E-state index in [1.54, 1.807) is 13.3 Å². The van der Waals surface area contributed by atoms with Gasteiger partial charge in [0.05, 0.1) is 25.0 Å². The predicted octanol–water partition coefficient (Wildman–Crippen LogP) is 1.42. The van der Waals surface area contributed by atoms with Gasteiger partial charge in [0.2, 0.25) is 0 Å². The van der Waals surface area contributed by atoms with E-state index in [1.807, 2.05) is 23.5 Å². The summed E-state index contributed by atoms with van der Waals surface area (Å²) < 4.78 is 9.17. The number of aryl methyl sites for hydroxylation is 3. The minimum absolute atomic E-state index is 0.0334. The molecular formula is C14H23N5O. The molecule has 0 saturated carbocycles. The average Bonchev–Trinajstić information content (AvgIpc) is 2.99. The Bertz CT molecular complexity index is 572. The van der Waals surface area contributed by atoms with Crippen molar-refractivity contribution in [2.24, 2.45) is 14.1 Å². The molecule has 0 aliphatic rings. The summed E-state index contributed by atoms with van der Waals surface area (Å²) in [7, 11) is 5.56. The molecule has 0 amide bonds. The van der Waals surface area contributed by atoms with E-state index < -0.39 is 0 Å². The molecule has 6 nitrogen and oxygen atoms in total. The molecule has 0 bridgehead atoms. The van der Waals surface area contributed by atoms with Gasteiger partial charge in [0.15, 0.2) is 5.75 Å². The molecule has 6 heteroatoms. The van der Waals surface area contributed by atoms with E-state index >= 15 is 0 Å². The molecule has 2 heterocycles. The minimum Gasteiger partial charge on any atom is -0.493 e. The first-order chi connectivity index (χ1) is 9.62. The Balaban J connectivity index is 2.52. The standard InChI is InChI=1S/C14H23N5O/c1-6-11-10(9-18(3)17-11)13(15-7-2)14-12(20-5)8-16-19(14)4/h8-9,13,15H,6-7H2,1-5H3. The first-order valence-electron chi connectivity index (χ1n) is 6.94. The van der Waals surface area contributed by atoms with Gasteiger partial charge in [-0.2, -0.15) is 10.2 Å². The van der Waals surface area contributed by atoms with Crippen LogP contribution in [0.15, 0.2) is 12.4 Å². The third kappa shape index (κ3) is 2.56. The van der Waals surface area contributed by atoms with Crippen LogP contribution < -0.4 is 10.1 Å². The van der Waals surface area contributed by atoms with Crippen LogP contribution in [0.1, 0.15) is 36.8 Å². The molecule has 0 aromatic carbocycles. The summed E-state index contributed by atoms with van der Waals surface area (Å²) in [5.74, 6) is 0.796. The molecule has 0 aliphatic heterocycles. The molecule has 20 heavy (non-hydrogen) atoms. The number of nitrogens with zero attached hydrogens (tertiary/aromatic N) is 4. The predicted molar refractivity (Wildman–Crippen MR) is 77.9 cm³/mol. The topological polar surface area (TPSA) is 56.9 Å². The number of ether oxygens (including phenoxy) is 1. The number of aromatic nitrogens is 4. The highest BCUT2D eigenvalue weighted by Crippen LogP contribution is 2.31. The third-order valence-electron chi connectivity index (χ3n) is 3.43. The van der Waals surface area contributed by atoms with Crippen molar-refractivity contribution in [3.63, 3.8) is 0 Å². The van der Waals surface area contributed by atoms with Gasteiger partial charge in [-0.15, -0.1) is 0 Å². The van der Waals surface area contributed by atoms with Gasteiger partial charge in [-0.3, -0.25) is 9.36 Å². The van der Waals surface area contributed by atoms with Crippen molar-refractivity contribution in [2.75, 3.05) is 13.7 Å². The first kappa shape index (κ1) is 14.6. The summed E-state index contributed by atoms with van der Waals surface area (Å²) in [6.45, 7) is 5.07. The minimum atomic E-state index is 0.0334. The number of methoxy groups -OCH3 is 1. The Morgan fingerprint density at radius 1 is 1.35 bits per heavy atom. The number of rotatable bonds is 6. The molecule has 110 valence electrons. The SMILES string of the molecule is CCNC(c1cn(C)nc1CC)c1c(OC)cnn1C. The van der Waals surface area contributed by atoms with Gasteiger partial charge in [0.25, 0.3) is 0 Å². The van der Waals surface area contributed by atoms with Crippen LogP contribution >= 0.6 is 0 Å². The lowest BCUT2D eigenvalue weighted by Gasteiger charge is -2.19. The fourth-order valence-electron chi connectivity index (χ4n) is 2.54. The Labute approximate surface area is 119 Å². The molecule has 0 radical (unpaired) electrons. The van der Waals surface area contributed by atoms with Crippen molar-refractivity contribution >= 4 is 0 Å².